The second kappa shape index (κ2) is 6.18. The third-order valence-corrected chi connectivity index (χ3v) is 5.29. The van der Waals surface area contributed by atoms with E-state index >= 15 is 0 Å². The molecule has 2 heteroatoms. The van der Waals surface area contributed by atoms with Gasteiger partial charge in [-0.15, -0.1) is 0 Å². The average Bonchev–Trinajstić information content (AvgIpc) is 3.10. The summed E-state index contributed by atoms with van der Waals surface area (Å²) in [7, 11) is 0. The fourth-order valence-corrected chi connectivity index (χ4v) is 4.09. The van der Waals surface area contributed by atoms with Crippen LogP contribution in [0.3, 0.4) is 0 Å². The molecule has 17 heavy (non-hydrogen) atoms. The van der Waals surface area contributed by atoms with Crippen LogP contribution in [-0.2, 0) is 4.79 Å². The summed E-state index contributed by atoms with van der Waals surface area (Å²) < 4.78 is 1.70. The Morgan fingerprint density at radius 1 is 1.41 bits per heavy atom. The summed E-state index contributed by atoms with van der Waals surface area (Å²) in [6.45, 7) is 3.72. The van der Waals surface area contributed by atoms with Gasteiger partial charge in [0.15, 0.2) is 0 Å². The number of benzene rings is 1. The summed E-state index contributed by atoms with van der Waals surface area (Å²) in [5.74, 6) is 1.05. The second-order valence-corrected chi connectivity index (χ2v) is 6.82. The number of carbonyl (C=O) groups is 1. The molecule has 2 atom stereocenters. The van der Waals surface area contributed by atoms with Crippen molar-refractivity contribution in [2.24, 2.45) is 11.8 Å². The molecule has 1 aromatic carbocycles. The van der Waals surface area contributed by atoms with Crippen molar-refractivity contribution < 1.29 is 4.79 Å². The molecular formula is C15H18OSe. The van der Waals surface area contributed by atoms with Crippen molar-refractivity contribution in [3.05, 3.63) is 43.0 Å². The van der Waals surface area contributed by atoms with Crippen molar-refractivity contribution in [2.75, 3.05) is 0 Å². The van der Waals surface area contributed by atoms with Gasteiger partial charge in [0.2, 0.25) is 0 Å². The summed E-state index contributed by atoms with van der Waals surface area (Å²) in [5.41, 5.74) is 0. The Kier molecular flexibility index (Phi) is 4.58. The van der Waals surface area contributed by atoms with Gasteiger partial charge in [-0.2, -0.15) is 0 Å². The van der Waals surface area contributed by atoms with Gasteiger partial charge in [0, 0.05) is 0 Å². The van der Waals surface area contributed by atoms with Gasteiger partial charge in [0.25, 0.3) is 0 Å². The first-order valence-corrected chi connectivity index (χ1v) is 7.90. The van der Waals surface area contributed by atoms with E-state index in [2.05, 4.69) is 18.7 Å². The maximum absolute atomic E-state index is 12.0. The second-order valence-electron chi connectivity index (χ2n) is 4.56. The van der Waals surface area contributed by atoms with Crippen molar-refractivity contribution in [1.29, 1.82) is 0 Å². The number of hydrogen-bond acceptors (Lipinski definition) is 1. The SMILES string of the molecule is C=CCCC[C@@H]1C[C@H]1C(=O)[Se]c1ccccc1. The van der Waals surface area contributed by atoms with Crippen LogP contribution in [0.15, 0.2) is 43.0 Å². The molecule has 1 nitrogen and oxygen atoms in total. The Labute approximate surface area is 109 Å². The molecule has 0 heterocycles. The zero-order valence-corrected chi connectivity index (χ0v) is 11.7. The van der Waals surface area contributed by atoms with Gasteiger partial charge in [-0.25, -0.2) is 0 Å². The number of carbonyl (C=O) groups excluding carboxylic acids is 1. The molecule has 1 aromatic rings. The topological polar surface area (TPSA) is 17.1 Å². The third-order valence-electron chi connectivity index (χ3n) is 3.17. The Bertz CT molecular complexity index is 385. The standard InChI is InChI=1S/C15H18OSe/c1-2-3-5-8-12-11-14(12)15(16)17-13-9-6-4-7-10-13/h2,4,6-7,9-10,12,14H,1,3,5,8,11H2/t12-,14-/m1/s1. The summed E-state index contributed by atoms with van der Waals surface area (Å²) >= 11 is 0.0269. The molecule has 0 radical (unpaired) electrons. The fourth-order valence-electron chi connectivity index (χ4n) is 2.06. The third kappa shape index (κ3) is 3.83. The van der Waals surface area contributed by atoms with E-state index < -0.39 is 0 Å². The predicted octanol–water partition coefficient (Wildman–Crippen LogP) is 2.54. The van der Waals surface area contributed by atoms with Gasteiger partial charge in [-0.05, 0) is 0 Å². The van der Waals surface area contributed by atoms with Crippen LogP contribution in [0, 0.1) is 11.8 Å². The van der Waals surface area contributed by atoms with Crippen LogP contribution in [0.4, 0.5) is 0 Å². The zero-order chi connectivity index (χ0) is 12.1. The van der Waals surface area contributed by atoms with Crippen LogP contribution in [0.5, 0.6) is 0 Å². The van der Waals surface area contributed by atoms with E-state index in [1.54, 1.807) is 0 Å². The van der Waals surface area contributed by atoms with Gasteiger partial charge < -0.3 is 0 Å². The first-order chi connectivity index (χ1) is 8.31. The van der Waals surface area contributed by atoms with Crippen molar-refractivity contribution in [1.82, 2.24) is 0 Å². The molecule has 1 aliphatic rings. The van der Waals surface area contributed by atoms with Gasteiger partial charge in [-0.1, -0.05) is 0 Å². The van der Waals surface area contributed by atoms with Gasteiger partial charge in [0.05, 0.1) is 0 Å². The molecule has 1 saturated carbocycles. The van der Waals surface area contributed by atoms with Crippen molar-refractivity contribution in [2.45, 2.75) is 25.7 Å². The Balaban J connectivity index is 1.74. The van der Waals surface area contributed by atoms with Crippen LogP contribution >= 0.6 is 0 Å². The van der Waals surface area contributed by atoms with Gasteiger partial charge in [-0.3, -0.25) is 0 Å². The maximum atomic E-state index is 12.0. The van der Waals surface area contributed by atoms with E-state index in [1.165, 1.54) is 17.3 Å². The molecule has 1 aliphatic carbocycles. The first-order valence-electron chi connectivity index (χ1n) is 6.19. The Morgan fingerprint density at radius 3 is 2.88 bits per heavy atom. The van der Waals surface area contributed by atoms with E-state index in [0.29, 0.717) is 16.5 Å². The molecule has 0 N–H and O–H groups in total. The van der Waals surface area contributed by atoms with Crippen LogP contribution in [0.1, 0.15) is 25.7 Å². The molecule has 0 amide bonds. The average molecular weight is 293 g/mol. The monoisotopic (exact) mass is 294 g/mol. The molecule has 0 unspecified atom stereocenters. The van der Waals surface area contributed by atoms with E-state index in [4.69, 9.17) is 0 Å². The Morgan fingerprint density at radius 2 is 2.18 bits per heavy atom. The van der Waals surface area contributed by atoms with E-state index in [9.17, 15) is 4.79 Å². The van der Waals surface area contributed by atoms with Crippen LogP contribution in [-0.4, -0.2) is 19.6 Å². The molecule has 1 fully saturated rings. The first kappa shape index (κ1) is 12.6. The summed E-state index contributed by atoms with van der Waals surface area (Å²) in [6, 6.07) is 10.1. The minimum absolute atomic E-state index is 0.0269. The van der Waals surface area contributed by atoms with E-state index in [-0.39, 0.29) is 15.0 Å². The summed E-state index contributed by atoms with van der Waals surface area (Å²) in [4.78, 5) is 12.0. The van der Waals surface area contributed by atoms with E-state index in [1.807, 2.05) is 24.3 Å². The molecule has 0 bridgehead atoms. The summed E-state index contributed by atoms with van der Waals surface area (Å²) in [6.07, 6.45) is 6.57. The number of rotatable bonds is 7. The van der Waals surface area contributed by atoms with Crippen molar-refractivity contribution >= 4 is 24.1 Å². The quantitative estimate of drug-likeness (QED) is 0.429. The van der Waals surface area contributed by atoms with Crippen LogP contribution in [0.2, 0.25) is 0 Å². The molecular weight excluding hydrogens is 275 g/mol. The molecule has 2 rings (SSSR count). The van der Waals surface area contributed by atoms with Crippen LogP contribution in [0.25, 0.3) is 0 Å². The normalized spacial score (nSPS) is 22.1. The van der Waals surface area contributed by atoms with Gasteiger partial charge in [0.1, 0.15) is 0 Å². The fraction of sp³-hybridized carbons (Fsp3) is 0.400. The molecule has 90 valence electrons. The van der Waals surface area contributed by atoms with Crippen molar-refractivity contribution in [3.63, 3.8) is 0 Å². The minimum atomic E-state index is 0.0269. The zero-order valence-electron chi connectivity index (χ0n) is 9.97. The Hall–Kier alpha value is -0.851. The molecule has 0 spiro atoms. The number of unbranched alkanes of at least 4 members (excludes halogenated alkanes) is 1. The van der Waals surface area contributed by atoms with Gasteiger partial charge >= 0.3 is 109 Å². The summed E-state index contributed by atoms with van der Waals surface area (Å²) in [5, 5.41) is 0. The van der Waals surface area contributed by atoms with Crippen LogP contribution < -0.4 is 4.46 Å². The molecule has 0 aliphatic heterocycles. The number of hydrogen-bond donors (Lipinski definition) is 0. The predicted molar refractivity (Wildman–Crippen MR) is 72.5 cm³/mol. The van der Waals surface area contributed by atoms with Crippen molar-refractivity contribution in [3.8, 4) is 0 Å². The molecule has 0 aromatic heterocycles. The molecule has 0 saturated heterocycles. The number of allylic oxidation sites excluding steroid dienone is 1. The van der Waals surface area contributed by atoms with E-state index in [0.717, 1.165) is 12.8 Å².